The van der Waals surface area contributed by atoms with Gasteiger partial charge in [0.2, 0.25) is 0 Å². The number of methoxy groups -OCH3 is 1. The van der Waals surface area contributed by atoms with Gasteiger partial charge in [-0.05, 0) is 11.6 Å². The number of carbonyl (C=O) groups is 1. The molecule has 0 spiro atoms. The van der Waals surface area contributed by atoms with E-state index in [0.29, 0.717) is 0 Å². The maximum absolute atomic E-state index is 12.9. The minimum atomic E-state index is -4.52. The molecule has 112 valence electrons. The Morgan fingerprint density at radius 1 is 1.38 bits per heavy atom. The lowest BCUT2D eigenvalue weighted by Crippen LogP contribution is -2.15. The van der Waals surface area contributed by atoms with Gasteiger partial charge in [0, 0.05) is 0 Å². The first-order valence-corrected chi connectivity index (χ1v) is 5.82. The van der Waals surface area contributed by atoms with Crippen molar-refractivity contribution in [1.82, 2.24) is 9.78 Å². The SMILES string of the molecule is COc1cnn(Cc2ccccc2C(F)(F)F)c1C(=O)O. The van der Waals surface area contributed by atoms with Crippen LogP contribution in [0.2, 0.25) is 0 Å². The lowest BCUT2D eigenvalue weighted by Gasteiger charge is -2.13. The van der Waals surface area contributed by atoms with E-state index in [4.69, 9.17) is 9.84 Å². The van der Waals surface area contributed by atoms with Crippen molar-refractivity contribution in [2.45, 2.75) is 12.7 Å². The summed E-state index contributed by atoms with van der Waals surface area (Å²) in [7, 11) is 1.26. The minimum absolute atomic E-state index is 0.00742. The Labute approximate surface area is 117 Å². The van der Waals surface area contributed by atoms with Crippen LogP contribution in [0, 0.1) is 0 Å². The molecule has 8 heteroatoms. The van der Waals surface area contributed by atoms with Gasteiger partial charge in [0.1, 0.15) is 0 Å². The predicted octanol–water partition coefficient (Wildman–Crippen LogP) is 2.66. The quantitative estimate of drug-likeness (QED) is 0.943. The molecule has 0 fully saturated rings. The van der Waals surface area contributed by atoms with E-state index in [1.807, 2.05) is 0 Å². The highest BCUT2D eigenvalue weighted by molar-refractivity contribution is 5.88. The molecule has 5 nitrogen and oxygen atoms in total. The molecule has 0 aliphatic heterocycles. The van der Waals surface area contributed by atoms with Gasteiger partial charge in [-0.1, -0.05) is 18.2 Å². The number of carboxylic acids is 1. The molecular weight excluding hydrogens is 289 g/mol. The molecule has 0 atom stereocenters. The van der Waals surface area contributed by atoms with Gasteiger partial charge < -0.3 is 9.84 Å². The number of aromatic carboxylic acids is 1. The summed E-state index contributed by atoms with van der Waals surface area (Å²) in [5.41, 5.74) is -1.19. The topological polar surface area (TPSA) is 64.4 Å². The summed E-state index contributed by atoms with van der Waals surface area (Å²) >= 11 is 0. The highest BCUT2D eigenvalue weighted by atomic mass is 19.4. The number of halogens is 3. The molecule has 0 radical (unpaired) electrons. The average Bonchev–Trinajstić information content (AvgIpc) is 2.81. The summed E-state index contributed by atoms with van der Waals surface area (Å²) in [6.07, 6.45) is -3.36. The van der Waals surface area contributed by atoms with Gasteiger partial charge in [-0.3, -0.25) is 4.68 Å². The molecule has 2 rings (SSSR count). The lowest BCUT2D eigenvalue weighted by molar-refractivity contribution is -0.138. The zero-order valence-corrected chi connectivity index (χ0v) is 10.9. The fourth-order valence-electron chi connectivity index (χ4n) is 1.95. The number of alkyl halides is 3. The van der Waals surface area contributed by atoms with Crippen molar-refractivity contribution >= 4 is 5.97 Å². The van der Waals surface area contributed by atoms with Crippen LogP contribution < -0.4 is 4.74 Å². The summed E-state index contributed by atoms with van der Waals surface area (Å²) < 4.78 is 44.5. The van der Waals surface area contributed by atoms with Gasteiger partial charge in [0.15, 0.2) is 11.4 Å². The van der Waals surface area contributed by atoms with E-state index >= 15 is 0 Å². The standard InChI is InChI=1S/C13H11F3N2O3/c1-21-10-6-17-18(11(10)12(19)20)7-8-4-2-3-5-9(8)13(14,15)16/h2-6H,7H2,1H3,(H,19,20). The fraction of sp³-hybridized carbons (Fsp3) is 0.231. The number of rotatable bonds is 4. The molecule has 1 N–H and O–H groups in total. The maximum atomic E-state index is 12.9. The largest absolute Gasteiger partial charge is 0.493 e. The molecule has 0 saturated heterocycles. The third-order valence-electron chi connectivity index (χ3n) is 2.87. The molecule has 0 saturated carbocycles. The summed E-state index contributed by atoms with van der Waals surface area (Å²) in [5.74, 6) is -1.33. The molecule has 0 bridgehead atoms. The van der Waals surface area contributed by atoms with Crippen molar-refractivity contribution in [3.05, 3.63) is 47.3 Å². The van der Waals surface area contributed by atoms with E-state index in [9.17, 15) is 18.0 Å². The zero-order valence-electron chi connectivity index (χ0n) is 10.9. The molecule has 1 heterocycles. The van der Waals surface area contributed by atoms with Crippen molar-refractivity contribution in [1.29, 1.82) is 0 Å². The minimum Gasteiger partial charge on any atom is -0.493 e. The van der Waals surface area contributed by atoms with Gasteiger partial charge >= 0.3 is 12.1 Å². The molecule has 21 heavy (non-hydrogen) atoms. The Balaban J connectivity index is 2.45. The van der Waals surface area contributed by atoms with Gasteiger partial charge in [-0.2, -0.15) is 18.3 Å². The Morgan fingerprint density at radius 3 is 2.62 bits per heavy atom. The first-order chi connectivity index (χ1) is 9.84. The van der Waals surface area contributed by atoms with Gasteiger partial charge in [-0.15, -0.1) is 0 Å². The van der Waals surface area contributed by atoms with Crippen LogP contribution in [0.25, 0.3) is 0 Å². The van der Waals surface area contributed by atoms with Crippen LogP contribution in [0.5, 0.6) is 5.75 Å². The molecule has 0 aliphatic carbocycles. The molecule has 1 aromatic heterocycles. The van der Waals surface area contributed by atoms with Crippen molar-refractivity contribution < 1.29 is 27.8 Å². The summed E-state index contributed by atoms with van der Waals surface area (Å²) in [6, 6.07) is 4.94. The number of hydrogen-bond acceptors (Lipinski definition) is 3. The molecular formula is C13H11F3N2O3. The van der Waals surface area contributed by atoms with E-state index in [1.165, 1.54) is 25.3 Å². The van der Waals surface area contributed by atoms with Crippen LogP contribution in [0.15, 0.2) is 30.5 Å². The first kappa shape index (κ1) is 14.9. The normalized spacial score (nSPS) is 11.4. The fourth-order valence-corrected chi connectivity index (χ4v) is 1.95. The third kappa shape index (κ3) is 2.99. The molecule has 2 aromatic rings. The Bertz CT molecular complexity index is 665. The number of carboxylic acid groups (broad SMARTS) is 1. The lowest BCUT2D eigenvalue weighted by atomic mass is 10.1. The van der Waals surface area contributed by atoms with Gasteiger partial charge in [0.25, 0.3) is 0 Å². The van der Waals surface area contributed by atoms with E-state index < -0.39 is 17.7 Å². The van der Waals surface area contributed by atoms with E-state index in [-0.39, 0.29) is 23.6 Å². The monoisotopic (exact) mass is 300 g/mol. The number of benzene rings is 1. The predicted molar refractivity (Wildman–Crippen MR) is 66.3 cm³/mol. The highest BCUT2D eigenvalue weighted by Crippen LogP contribution is 2.32. The smallest absolute Gasteiger partial charge is 0.416 e. The van der Waals surface area contributed by atoms with Crippen molar-refractivity contribution in [3.63, 3.8) is 0 Å². The second-order valence-corrected chi connectivity index (χ2v) is 4.18. The Hall–Kier alpha value is -2.51. The Kier molecular flexibility index (Phi) is 3.88. The summed E-state index contributed by atoms with van der Waals surface area (Å²) in [5, 5.41) is 12.9. The highest BCUT2D eigenvalue weighted by Gasteiger charge is 2.33. The van der Waals surface area contributed by atoms with Crippen molar-refractivity contribution in [3.8, 4) is 5.75 Å². The van der Waals surface area contributed by atoms with Crippen molar-refractivity contribution in [2.24, 2.45) is 0 Å². The van der Waals surface area contributed by atoms with Crippen molar-refractivity contribution in [2.75, 3.05) is 7.11 Å². The Morgan fingerprint density at radius 2 is 2.05 bits per heavy atom. The maximum Gasteiger partial charge on any atom is 0.416 e. The van der Waals surface area contributed by atoms with Gasteiger partial charge in [-0.25, -0.2) is 4.79 Å². The van der Waals surface area contributed by atoms with Crippen LogP contribution in [0.1, 0.15) is 21.6 Å². The summed E-state index contributed by atoms with van der Waals surface area (Å²) in [4.78, 5) is 11.2. The van der Waals surface area contributed by atoms with Crippen LogP contribution in [0.3, 0.4) is 0 Å². The van der Waals surface area contributed by atoms with Crippen LogP contribution in [0.4, 0.5) is 13.2 Å². The number of nitrogens with zero attached hydrogens (tertiary/aromatic N) is 2. The first-order valence-electron chi connectivity index (χ1n) is 5.82. The second kappa shape index (κ2) is 5.47. The third-order valence-corrected chi connectivity index (χ3v) is 2.87. The van der Waals surface area contributed by atoms with E-state index in [1.54, 1.807) is 0 Å². The summed E-state index contributed by atoms with van der Waals surface area (Å²) in [6.45, 7) is -0.319. The second-order valence-electron chi connectivity index (χ2n) is 4.18. The average molecular weight is 300 g/mol. The van der Waals surface area contributed by atoms with Gasteiger partial charge in [0.05, 0.1) is 25.4 Å². The van der Waals surface area contributed by atoms with E-state index in [0.717, 1.165) is 16.9 Å². The molecule has 0 amide bonds. The number of hydrogen-bond donors (Lipinski definition) is 1. The molecule has 0 aliphatic rings. The molecule has 0 unspecified atom stereocenters. The molecule has 1 aromatic carbocycles. The van der Waals surface area contributed by atoms with Crippen LogP contribution in [-0.4, -0.2) is 28.0 Å². The van der Waals surface area contributed by atoms with Crippen LogP contribution in [-0.2, 0) is 12.7 Å². The zero-order chi connectivity index (χ0) is 15.6. The number of ether oxygens (including phenoxy) is 1. The van der Waals surface area contributed by atoms with E-state index in [2.05, 4.69) is 5.10 Å². The number of aromatic nitrogens is 2. The van der Waals surface area contributed by atoms with Crippen LogP contribution >= 0.6 is 0 Å².